The topological polar surface area (TPSA) is 73.9 Å². The molecule has 1 aromatic rings. The summed E-state index contributed by atoms with van der Waals surface area (Å²) in [5.74, 6) is -0.499. The zero-order valence-corrected chi connectivity index (χ0v) is 11.3. The minimum Gasteiger partial charge on any atom is -0.462 e. The first-order valence-corrected chi connectivity index (χ1v) is 6.38. The largest absolute Gasteiger partial charge is 0.462 e. The first-order chi connectivity index (χ1) is 9.08. The number of rotatable bonds is 4. The van der Waals surface area contributed by atoms with Crippen LogP contribution < -0.4 is 5.73 Å². The summed E-state index contributed by atoms with van der Waals surface area (Å²) >= 11 is 5.95. The Kier molecular flexibility index (Phi) is 3.95. The molecule has 0 fully saturated rings. The number of nitrogens with zero attached hydrogens (tertiary/aromatic N) is 1. The Morgan fingerprint density at radius 1 is 1.63 bits per heavy atom. The summed E-state index contributed by atoms with van der Waals surface area (Å²) in [6.07, 6.45) is 0.730. The van der Waals surface area contributed by atoms with Crippen molar-refractivity contribution < 1.29 is 14.3 Å². The highest BCUT2D eigenvalue weighted by atomic mass is 35.5. The molecule has 1 unspecified atom stereocenters. The fourth-order valence-electron chi connectivity index (χ4n) is 1.86. The maximum atomic E-state index is 12.3. The van der Waals surface area contributed by atoms with Gasteiger partial charge in [-0.2, -0.15) is 0 Å². The van der Waals surface area contributed by atoms with Gasteiger partial charge in [0.05, 0.1) is 13.2 Å². The number of hydrogen-bond donors (Lipinski definition) is 1. The van der Waals surface area contributed by atoms with Crippen LogP contribution in [0.15, 0.2) is 29.3 Å². The van der Waals surface area contributed by atoms with Gasteiger partial charge in [0.1, 0.15) is 0 Å². The fourth-order valence-corrected chi connectivity index (χ4v) is 2.05. The van der Waals surface area contributed by atoms with Gasteiger partial charge in [-0.15, -0.1) is 0 Å². The predicted molar refractivity (Wildman–Crippen MR) is 72.0 cm³/mol. The van der Waals surface area contributed by atoms with Crippen LogP contribution in [0.2, 0.25) is 5.02 Å². The molecule has 1 aliphatic rings. The molecule has 19 heavy (non-hydrogen) atoms. The van der Waals surface area contributed by atoms with E-state index in [4.69, 9.17) is 26.8 Å². The molecule has 2 rings (SSSR count). The highest BCUT2D eigenvalue weighted by molar-refractivity contribution is 6.30. The first kappa shape index (κ1) is 13.7. The van der Waals surface area contributed by atoms with Gasteiger partial charge in [0.15, 0.2) is 0 Å². The van der Waals surface area contributed by atoms with Gasteiger partial charge in [-0.25, -0.2) is 9.79 Å². The molecule has 2 N–H and O–H groups in total. The number of ether oxygens (including phenoxy) is 2. The highest BCUT2D eigenvalue weighted by Gasteiger charge is 2.48. The van der Waals surface area contributed by atoms with Crippen LogP contribution in [0.25, 0.3) is 0 Å². The third-order valence-electron chi connectivity index (χ3n) is 2.79. The van der Waals surface area contributed by atoms with Crippen LogP contribution in [-0.2, 0) is 19.9 Å². The minimum absolute atomic E-state index is 0.0200. The van der Waals surface area contributed by atoms with Gasteiger partial charge in [0.25, 0.3) is 11.6 Å². The van der Waals surface area contributed by atoms with Crippen molar-refractivity contribution in [1.82, 2.24) is 0 Å². The van der Waals surface area contributed by atoms with Crippen LogP contribution in [0.5, 0.6) is 0 Å². The molecule has 0 radical (unpaired) electrons. The second-order valence-corrected chi connectivity index (χ2v) is 4.67. The van der Waals surface area contributed by atoms with E-state index in [0.29, 0.717) is 17.2 Å². The van der Waals surface area contributed by atoms with Crippen LogP contribution >= 0.6 is 11.6 Å². The molecule has 1 aromatic carbocycles. The van der Waals surface area contributed by atoms with E-state index in [0.717, 1.165) is 6.42 Å². The molecule has 102 valence electrons. The number of amidine groups is 1. The second kappa shape index (κ2) is 5.48. The zero-order chi connectivity index (χ0) is 13.9. The Balaban J connectivity index is 2.33. The minimum atomic E-state index is -1.32. The van der Waals surface area contributed by atoms with E-state index in [1.54, 1.807) is 24.3 Å². The van der Waals surface area contributed by atoms with Crippen molar-refractivity contribution >= 4 is 23.6 Å². The van der Waals surface area contributed by atoms with E-state index >= 15 is 0 Å². The third kappa shape index (κ3) is 2.66. The maximum Gasteiger partial charge on any atom is 0.357 e. The summed E-state index contributed by atoms with van der Waals surface area (Å²) in [5.41, 5.74) is 4.81. The van der Waals surface area contributed by atoms with E-state index in [2.05, 4.69) is 4.99 Å². The molecule has 1 heterocycles. The third-order valence-corrected chi connectivity index (χ3v) is 3.03. The van der Waals surface area contributed by atoms with Crippen molar-refractivity contribution in [2.75, 3.05) is 13.2 Å². The van der Waals surface area contributed by atoms with Crippen molar-refractivity contribution in [3.05, 3.63) is 34.9 Å². The summed E-state index contributed by atoms with van der Waals surface area (Å²) in [5, 5.41) is 0.509. The number of esters is 1. The van der Waals surface area contributed by atoms with Gasteiger partial charge in [-0.1, -0.05) is 30.7 Å². The lowest BCUT2D eigenvalue weighted by molar-refractivity contribution is -0.162. The van der Waals surface area contributed by atoms with Gasteiger partial charge in [0, 0.05) is 10.6 Å². The summed E-state index contributed by atoms with van der Waals surface area (Å²) < 4.78 is 10.6. The first-order valence-electron chi connectivity index (χ1n) is 6.00. The SMILES string of the molecule is CCCOC(=O)C1(c2cccc(Cl)c2)CN=C(N)O1. The highest BCUT2D eigenvalue weighted by Crippen LogP contribution is 2.33. The van der Waals surface area contributed by atoms with Crippen LogP contribution in [0.3, 0.4) is 0 Å². The van der Waals surface area contributed by atoms with E-state index in [-0.39, 0.29) is 12.6 Å². The summed E-state index contributed by atoms with van der Waals surface area (Å²) in [6, 6.07) is 6.84. The Labute approximate surface area is 116 Å². The van der Waals surface area contributed by atoms with Crippen molar-refractivity contribution in [2.24, 2.45) is 10.7 Å². The molecule has 0 aromatic heterocycles. The molecule has 0 saturated carbocycles. The lowest BCUT2D eigenvalue weighted by atomic mass is 9.94. The Hall–Kier alpha value is -1.75. The smallest absolute Gasteiger partial charge is 0.357 e. The number of nitrogens with two attached hydrogens (primary N) is 1. The van der Waals surface area contributed by atoms with E-state index < -0.39 is 11.6 Å². The lowest BCUT2D eigenvalue weighted by Gasteiger charge is -2.26. The number of carbonyl (C=O) groups is 1. The summed E-state index contributed by atoms with van der Waals surface area (Å²) in [6.45, 7) is 2.34. The van der Waals surface area contributed by atoms with E-state index in [1.807, 2.05) is 6.92 Å². The van der Waals surface area contributed by atoms with E-state index in [9.17, 15) is 4.79 Å². The number of benzene rings is 1. The lowest BCUT2D eigenvalue weighted by Crippen LogP contribution is -2.42. The predicted octanol–water partition coefficient (Wildman–Crippen LogP) is 1.83. The van der Waals surface area contributed by atoms with Crippen LogP contribution in [0.4, 0.5) is 0 Å². The maximum absolute atomic E-state index is 12.3. The fraction of sp³-hybridized carbons (Fsp3) is 0.385. The molecular weight excluding hydrogens is 268 g/mol. The Bertz CT molecular complexity index is 518. The van der Waals surface area contributed by atoms with Crippen LogP contribution in [0.1, 0.15) is 18.9 Å². The normalized spacial score (nSPS) is 21.7. The summed E-state index contributed by atoms with van der Waals surface area (Å²) in [4.78, 5) is 16.2. The number of halogens is 1. The van der Waals surface area contributed by atoms with Gasteiger partial charge < -0.3 is 15.2 Å². The average molecular weight is 283 g/mol. The van der Waals surface area contributed by atoms with Crippen molar-refractivity contribution in [2.45, 2.75) is 18.9 Å². The van der Waals surface area contributed by atoms with Gasteiger partial charge in [0.2, 0.25) is 0 Å². The summed E-state index contributed by atoms with van der Waals surface area (Å²) in [7, 11) is 0. The molecule has 6 heteroatoms. The second-order valence-electron chi connectivity index (χ2n) is 4.23. The molecule has 0 spiro atoms. The molecule has 0 amide bonds. The number of aliphatic imine (C=N–C) groups is 1. The average Bonchev–Trinajstić information content (AvgIpc) is 2.79. The molecule has 1 atom stereocenters. The quantitative estimate of drug-likeness (QED) is 0.855. The molecule has 0 bridgehead atoms. The van der Waals surface area contributed by atoms with Crippen LogP contribution in [-0.4, -0.2) is 25.1 Å². The Morgan fingerprint density at radius 3 is 3.00 bits per heavy atom. The molecule has 1 aliphatic heterocycles. The molecule has 0 saturated heterocycles. The van der Waals surface area contributed by atoms with Crippen molar-refractivity contribution in [1.29, 1.82) is 0 Å². The Morgan fingerprint density at radius 2 is 2.42 bits per heavy atom. The van der Waals surface area contributed by atoms with Crippen molar-refractivity contribution in [3.63, 3.8) is 0 Å². The van der Waals surface area contributed by atoms with Crippen LogP contribution in [0, 0.1) is 0 Å². The monoisotopic (exact) mass is 282 g/mol. The van der Waals surface area contributed by atoms with E-state index in [1.165, 1.54) is 0 Å². The molecular formula is C13H15ClN2O3. The van der Waals surface area contributed by atoms with Gasteiger partial charge in [-0.05, 0) is 18.6 Å². The standard InChI is InChI=1S/C13H15ClN2O3/c1-2-6-18-11(17)13(8-16-12(15)19-13)9-4-3-5-10(14)7-9/h3-5,7H,2,6,8H2,1H3,(H2,15,16). The zero-order valence-electron chi connectivity index (χ0n) is 10.6. The van der Waals surface area contributed by atoms with Gasteiger partial charge >= 0.3 is 5.97 Å². The molecule has 0 aliphatic carbocycles. The number of hydrogen-bond acceptors (Lipinski definition) is 5. The van der Waals surface area contributed by atoms with Gasteiger partial charge in [-0.3, -0.25) is 0 Å². The number of carbonyl (C=O) groups excluding carboxylic acids is 1. The van der Waals surface area contributed by atoms with Crippen molar-refractivity contribution in [3.8, 4) is 0 Å². The molecule has 5 nitrogen and oxygen atoms in total.